The summed E-state index contributed by atoms with van der Waals surface area (Å²) in [6.07, 6.45) is 1.01. The molecule has 0 bridgehead atoms. The number of nitro groups is 2. The van der Waals surface area contributed by atoms with Crippen molar-refractivity contribution in [2.75, 3.05) is 5.32 Å². The van der Waals surface area contributed by atoms with E-state index in [-0.39, 0.29) is 11.1 Å². The lowest BCUT2D eigenvalue weighted by atomic mass is 10.2. The molecule has 0 saturated carbocycles. The highest BCUT2D eigenvalue weighted by Gasteiger charge is 2.19. The summed E-state index contributed by atoms with van der Waals surface area (Å²) in [7, 11) is 0. The van der Waals surface area contributed by atoms with E-state index in [2.05, 4.69) is 15.8 Å². The van der Waals surface area contributed by atoms with E-state index in [1.165, 1.54) is 35.6 Å². The average molecular weight is 558 g/mol. The number of hydrogen-bond donors (Lipinski definition) is 2. The molecule has 0 fully saturated rings. The van der Waals surface area contributed by atoms with Crippen LogP contribution >= 0.6 is 34.5 Å². The van der Waals surface area contributed by atoms with Gasteiger partial charge in [-0.15, -0.1) is 11.3 Å². The highest BCUT2D eigenvalue weighted by Crippen LogP contribution is 2.37. The Labute approximate surface area is 221 Å². The number of hydrazone groups is 1. The second kappa shape index (κ2) is 10.7. The lowest BCUT2D eigenvalue weighted by molar-refractivity contribution is -0.394. The van der Waals surface area contributed by atoms with Crippen molar-refractivity contribution in [2.24, 2.45) is 5.10 Å². The minimum absolute atomic E-state index is 0.0314. The fourth-order valence-electron chi connectivity index (χ4n) is 3.22. The van der Waals surface area contributed by atoms with Crippen molar-refractivity contribution in [1.29, 1.82) is 0 Å². The Morgan fingerprint density at radius 2 is 1.65 bits per heavy atom. The molecule has 0 unspecified atom stereocenters. The van der Waals surface area contributed by atoms with E-state index in [0.717, 1.165) is 29.1 Å². The second-order valence-electron chi connectivity index (χ2n) is 7.37. The van der Waals surface area contributed by atoms with Gasteiger partial charge in [0.15, 0.2) is 0 Å². The van der Waals surface area contributed by atoms with Crippen molar-refractivity contribution in [3.8, 4) is 0 Å². The van der Waals surface area contributed by atoms with Crippen LogP contribution in [0, 0.1) is 20.2 Å². The highest BCUT2D eigenvalue weighted by atomic mass is 35.5. The number of carbonyl (C=O) groups is 2. The number of benzene rings is 3. The average Bonchev–Trinajstić information content (AvgIpc) is 3.19. The molecule has 4 aromatic rings. The number of nitro benzene ring substituents is 2. The summed E-state index contributed by atoms with van der Waals surface area (Å²) in [5.74, 6) is -1.04. The van der Waals surface area contributed by atoms with Crippen molar-refractivity contribution in [1.82, 2.24) is 5.43 Å². The topological polar surface area (TPSA) is 157 Å². The van der Waals surface area contributed by atoms with Gasteiger partial charge in [0, 0.05) is 32.4 Å². The number of halogens is 2. The number of amides is 2. The zero-order valence-electron chi connectivity index (χ0n) is 18.3. The van der Waals surface area contributed by atoms with E-state index in [1.807, 2.05) is 0 Å². The smallest absolute Gasteiger partial charge is 0.285 e. The summed E-state index contributed by atoms with van der Waals surface area (Å²) in [4.78, 5) is 45.9. The van der Waals surface area contributed by atoms with Gasteiger partial charge in [-0.2, -0.15) is 5.10 Å². The molecule has 0 aliphatic heterocycles. The number of rotatable bonds is 7. The molecule has 2 amide bonds. The van der Waals surface area contributed by atoms with E-state index in [0.29, 0.717) is 26.0 Å². The second-order valence-corrected chi connectivity index (χ2v) is 9.24. The quantitative estimate of drug-likeness (QED) is 0.160. The molecule has 0 radical (unpaired) electrons. The molecule has 2 N–H and O–H groups in total. The van der Waals surface area contributed by atoms with Crippen LogP contribution in [0.15, 0.2) is 65.8 Å². The predicted octanol–water partition coefficient (Wildman–Crippen LogP) is 6.04. The maximum absolute atomic E-state index is 12.7. The highest BCUT2D eigenvalue weighted by molar-refractivity contribution is 7.21. The Balaban J connectivity index is 1.42. The van der Waals surface area contributed by atoms with Crippen molar-refractivity contribution in [2.45, 2.75) is 0 Å². The van der Waals surface area contributed by atoms with E-state index in [4.69, 9.17) is 23.2 Å². The van der Waals surface area contributed by atoms with Crippen LogP contribution in [-0.4, -0.2) is 27.9 Å². The molecule has 0 spiro atoms. The largest absolute Gasteiger partial charge is 0.321 e. The fourth-order valence-corrected chi connectivity index (χ4v) is 4.90. The van der Waals surface area contributed by atoms with Gasteiger partial charge in [-0.3, -0.25) is 29.8 Å². The van der Waals surface area contributed by atoms with Gasteiger partial charge in [0.05, 0.1) is 32.7 Å². The molecule has 0 aliphatic rings. The van der Waals surface area contributed by atoms with E-state index in [9.17, 15) is 29.8 Å². The zero-order chi connectivity index (χ0) is 26.7. The molecule has 1 heterocycles. The minimum Gasteiger partial charge on any atom is -0.321 e. The number of thiophene rings is 1. The first-order valence-corrected chi connectivity index (χ1v) is 11.8. The summed E-state index contributed by atoms with van der Waals surface area (Å²) in [5, 5.41) is 30.0. The lowest BCUT2D eigenvalue weighted by Crippen LogP contribution is -2.18. The Morgan fingerprint density at radius 3 is 2.32 bits per heavy atom. The van der Waals surface area contributed by atoms with Crippen LogP contribution in [-0.2, 0) is 0 Å². The molecular weight excluding hydrogens is 545 g/mol. The van der Waals surface area contributed by atoms with Gasteiger partial charge in [0.25, 0.3) is 23.2 Å². The first-order chi connectivity index (χ1) is 17.6. The molecule has 11 nitrogen and oxygen atoms in total. The van der Waals surface area contributed by atoms with Crippen molar-refractivity contribution in [3.05, 3.63) is 107 Å². The molecule has 186 valence electrons. The van der Waals surface area contributed by atoms with Crippen LogP contribution in [0.4, 0.5) is 17.1 Å². The summed E-state index contributed by atoms with van der Waals surface area (Å²) >= 11 is 13.6. The van der Waals surface area contributed by atoms with Gasteiger partial charge < -0.3 is 5.32 Å². The zero-order valence-corrected chi connectivity index (χ0v) is 20.6. The number of nitrogens with zero attached hydrogens (tertiary/aromatic N) is 3. The van der Waals surface area contributed by atoms with Crippen LogP contribution in [0.3, 0.4) is 0 Å². The molecule has 0 aliphatic carbocycles. The standard InChI is InChI=1S/C23H13Cl2N5O6S/c24-14-4-8-17-19(9-14)37-21(20(17)25)23(32)27-15-5-1-12(2-6-15)22(31)28-26-11-13-3-7-16(29(33)34)10-18(13)30(35)36/h1-11H,(H,27,32)(H,28,31)/b26-11-. The number of anilines is 1. The van der Waals surface area contributed by atoms with Crippen molar-refractivity contribution in [3.63, 3.8) is 0 Å². The molecule has 0 saturated heterocycles. The van der Waals surface area contributed by atoms with Gasteiger partial charge in [0.2, 0.25) is 0 Å². The van der Waals surface area contributed by atoms with Crippen LogP contribution in [0.2, 0.25) is 10.0 Å². The number of fused-ring (bicyclic) bond motifs is 1. The monoisotopic (exact) mass is 557 g/mol. The van der Waals surface area contributed by atoms with Gasteiger partial charge in [0.1, 0.15) is 4.88 Å². The Hall–Kier alpha value is -4.39. The SMILES string of the molecule is O=C(N/N=C\c1ccc([N+](=O)[O-])cc1[N+](=O)[O-])c1ccc(NC(=O)c2sc3cc(Cl)ccc3c2Cl)cc1. The maximum atomic E-state index is 12.7. The molecule has 14 heteroatoms. The Bertz CT molecular complexity index is 1600. The van der Waals surface area contributed by atoms with Gasteiger partial charge in [-0.05, 0) is 42.5 Å². The normalized spacial score (nSPS) is 11.0. The summed E-state index contributed by atoms with van der Waals surface area (Å²) < 4.78 is 0.772. The number of carbonyl (C=O) groups excluding carboxylic acids is 2. The van der Waals surface area contributed by atoms with Crippen molar-refractivity contribution >= 4 is 79.7 Å². The van der Waals surface area contributed by atoms with E-state index in [1.54, 1.807) is 18.2 Å². The van der Waals surface area contributed by atoms with Crippen LogP contribution in [0.25, 0.3) is 10.1 Å². The Kier molecular flexibility index (Phi) is 7.43. The maximum Gasteiger partial charge on any atom is 0.285 e. The van der Waals surface area contributed by atoms with E-state index < -0.39 is 33.0 Å². The minimum atomic E-state index is -0.787. The number of hydrogen-bond acceptors (Lipinski definition) is 8. The van der Waals surface area contributed by atoms with E-state index >= 15 is 0 Å². The first kappa shape index (κ1) is 25.7. The summed E-state index contributed by atoms with van der Waals surface area (Å²) in [5.41, 5.74) is 1.83. The molecule has 3 aromatic carbocycles. The van der Waals surface area contributed by atoms with Gasteiger partial charge in [-0.25, -0.2) is 5.43 Å². The Morgan fingerprint density at radius 1 is 0.919 bits per heavy atom. The third kappa shape index (κ3) is 5.72. The number of non-ortho nitro benzene ring substituents is 1. The van der Waals surface area contributed by atoms with Gasteiger partial charge in [-0.1, -0.05) is 29.3 Å². The molecule has 1 aromatic heterocycles. The number of nitrogens with one attached hydrogen (secondary N) is 2. The first-order valence-electron chi connectivity index (χ1n) is 10.2. The lowest BCUT2D eigenvalue weighted by Gasteiger charge is -2.05. The van der Waals surface area contributed by atoms with Crippen LogP contribution < -0.4 is 10.7 Å². The van der Waals surface area contributed by atoms with Crippen LogP contribution in [0.1, 0.15) is 25.6 Å². The molecule has 0 atom stereocenters. The predicted molar refractivity (Wildman–Crippen MR) is 141 cm³/mol. The van der Waals surface area contributed by atoms with Crippen LogP contribution in [0.5, 0.6) is 0 Å². The molecule has 4 rings (SSSR count). The molecular formula is C23H13Cl2N5O6S. The third-order valence-corrected chi connectivity index (χ3v) is 6.89. The van der Waals surface area contributed by atoms with Gasteiger partial charge >= 0.3 is 0 Å². The third-order valence-electron chi connectivity index (χ3n) is 4.99. The summed E-state index contributed by atoms with van der Waals surface area (Å²) in [6, 6.07) is 14.1. The van der Waals surface area contributed by atoms with Crippen molar-refractivity contribution < 1.29 is 19.4 Å². The fraction of sp³-hybridized carbons (Fsp3) is 0. The molecule has 37 heavy (non-hydrogen) atoms. The summed E-state index contributed by atoms with van der Waals surface area (Å²) in [6.45, 7) is 0.